The average molecular weight is 296 g/mol. The van der Waals surface area contributed by atoms with E-state index in [0.29, 0.717) is 13.0 Å². The zero-order valence-electron chi connectivity index (χ0n) is 12.7. The van der Waals surface area contributed by atoms with Crippen LogP contribution in [0.2, 0.25) is 0 Å². The van der Waals surface area contributed by atoms with Gasteiger partial charge in [0.15, 0.2) is 0 Å². The third-order valence-corrected chi connectivity index (χ3v) is 4.29. The summed E-state index contributed by atoms with van der Waals surface area (Å²) < 4.78 is 5.12. The summed E-state index contributed by atoms with van der Waals surface area (Å²) in [6, 6.07) is 11.7. The lowest BCUT2D eigenvalue weighted by Crippen LogP contribution is -2.33. The Labute approximate surface area is 130 Å². The van der Waals surface area contributed by atoms with E-state index in [9.17, 15) is 4.79 Å². The largest absolute Gasteiger partial charge is 0.497 e. The maximum Gasteiger partial charge on any atom is 0.224 e. The van der Waals surface area contributed by atoms with Crippen LogP contribution in [-0.2, 0) is 16.6 Å². The topological polar surface area (TPSA) is 51.2 Å². The second kappa shape index (κ2) is 6.18. The van der Waals surface area contributed by atoms with Gasteiger partial charge in [0, 0.05) is 24.4 Å². The number of aromatic nitrogens is 1. The monoisotopic (exact) mass is 296 g/mol. The molecule has 4 heteroatoms. The molecule has 1 aromatic heterocycles. The van der Waals surface area contributed by atoms with Crippen LogP contribution in [0.3, 0.4) is 0 Å². The Hall–Kier alpha value is -2.36. The van der Waals surface area contributed by atoms with Crippen molar-refractivity contribution in [2.75, 3.05) is 13.7 Å². The normalized spacial score (nSPS) is 15.1. The Bertz CT molecular complexity index is 634. The number of amides is 1. The van der Waals surface area contributed by atoms with Crippen molar-refractivity contribution in [3.8, 4) is 5.75 Å². The molecule has 1 N–H and O–H groups in total. The highest BCUT2D eigenvalue weighted by molar-refractivity contribution is 5.78. The minimum Gasteiger partial charge on any atom is -0.497 e. The Morgan fingerprint density at radius 3 is 2.45 bits per heavy atom. The molecule has 1 aliphatic carbocycles. The fraction of sp³-hybridized carbons (Fsp3) is 0.333. The van der Waals surface area contributed by atoms with Gasteiger partial charge in [-0.25, -0.2) is 0 Å². The highest BCUT2D eigenvalue weighted by Crippen LogP contribution is 2.47. The van der Waals surface area contributed by atoms with Crippen molar-refractivity contribution in [2.45, 2.75) is 24.7 Å². The van der Waals surface area contributed by atoms with Crippen molar-refractivity contribution in [1.29, 1.82) is 0 Å². The van der Waals surface area contributed by atoms with E-state index in [4.69, 9.17) is 4.74 Å². The Morgan fingerprint density at radius 1 is 1.18 bits per heavy atom. The van der Waals surface area contributed by atoms with Crippen molar-refractivity contribution in [1.82, 2.24) is 10.3 Å². The van der Waals surface area contributed by atoms with E-state index >= 15 is 0 Å². The first-order valence-electron chi connectivity index (χ1n) is 7.52. The SMILES string of the molecule is COc1ccc(CC(=O)NCC2(c3ccncc3)CC2)cc1. The van der Waals surface area contributed by atoms with Crippen molar-refractivity contribution >= 4 is 5.91 Å². The molecule has 114 valence electrons. The standard InChI is InChI=1S/C18H20N2O2/c1-22-16-4-2-14(3-5-16)12-17(21)20-13-18(8-9-18)15-6-10-19-11-7-15/h2-7,10-11H,8-9,12-13H2,1H3,(H,20,21). The van der Waals surface area contributed by atoms with Crippen LogP contribution >= 0.6 is 0 Å². The van der Waals surface area contributed by atoms with E-state index in [1.165, 1.54) is 5.56 Å². The summed E-state index contributed by atoms with van der Waals surface area (Å²) in [4.78, 5) is 16.2. The number of methoxy groups -OCH3 is 1. The van der Waals surface area contributed by atoms with Gasteiger partial charge in [-0.2, -0.15) is 0 Å². The van der Waals surface area contributed by atoms with Crippen molar-refractivity contribution in [3.05, 3.63) is 59.9 Å². The smallest absolute Gasteiger partial charge is 0.224 e. The highest BCUT2D eigenvalue weighted by Gasteiger charge is 2.44. The summed E-state index contributed by atoms with van der Waals surface area (Å²) in [6.07, 6.45) is 6.28. The fourth-order valence-corrected chi connectivity index (χ4v) is 2.68. The number of hydrogen-bond acceptors (Lipinski definition) is 3. The van der Waals surface area contributed by atoms with Crippen LogP contribution < -0.4 is 10.1 Å². The number of benzene rings is 1. The molecule has 4 nitrogen and oxygen atoms in total. The van der Waals surface area contributed by atoms with Gasteiger partial charge in [-0.1, -0.05) is 12.1 Å². The van der Waals surface area contributed by atoms with Crippen LogP contribution in [-0.4, -0.2) is 24.5 Å². The number of rotatable bonds is 6. The summed E-state index contributed by atoms with van der Waals surface area (Å²) in [5, 5.41) is 3.07. The van der Waals surface area contributed by atoms with Crippen LogP contribution in [0.1, 0.15) is 24.0 Å². The number of carbonyl (C=O) groups excluding carboxylic acids is 1. The second-order valence-electron chi connectivity index (χ2n) is 5.82. The zero-order chi connectivity index (χ0) is 15.4. The van der Waals surface area contributed by atoms with Gasteiger partial charge >= 0.3 is 0 Å². The molecule has 1 fully saturated rings. The molecule has 3 rings (SSSR count). The molecule has 0 aliphatic heterocycles. The van der Waals surface area contributed by atoms with Gasteiger partial charge in [0.1, 0.15) is 5.75 Å². The number of carbonyl (C=O) groups is 1. The number of nitrogens with zero attached hydrogens (tertiary/aromatic N) is 1. The molecule has 1 aromatic carbocycles. The summed E-state index contributed by atoms with van der Waals surface area (Å²) >= 11 is 0. The van der Waals surface area contributed by atoms with E-state index in [0.717, 1.165) is 24.2 Å². The summed E-state index contributed by atoms with van der Waals surface area (Å²) in [7, 11) is 1.63. The van der Waals surface area contributed by atoms with Gasteiger partial charge < -0.3 is 10.1 Å². The number of hydrogen-bond donors (Lipinski definition) is 1. The molecule has 0 atom stereocenters. The second-order valence-corrected chi connectivity index (χ2v) is 5.82. The Balaban J connectivity index is 1.54. The van der Waals surface area contributed by atoms with Gasteiger partial charge in [-0.15, -0.1) is 0 Å². The predicted octanol–water partition coefficient (Wildman–Crippen LogP) is 2.48. The quantitative estimate of drug-likeness (QED) is 0.891. The molecule has 1 heterocycles. The molecular formula is C18H20N2O2. The van der Waals surface area contributed by atoms with Gasteiger partial charge in [-0.3, -0.25) is 9.78 Å². The maximum atomic E-state index is 12.1. The molecule has 1 aliphatic rings. The number of nitrogens with one attached hydrogen (secondary N) is 1. The predicted molar refractivity (Wildman–Crippen MR) is 84.9 cm³/mol. The molecule has 22 heavy (non-hydrogen) atoms. The van der Waals surface area contributed by atoms with E-state index in [1.54, 1.807) is 7.11 Å². The lowest BCUT2D eigenvalue weighted by molar-refractivity contribution is -0.120. The van der Waals surface area contributed by atoms with Crippen LogP contribution in [0.5, 0.6) is 5.75 Å². The maximum absolute atomic E-state index is 12.1. The average Bonchev–Trinajstić information content (AvgIpc) is 3.36. The summed E-state index contributed by atoms with van der Waals surface area (Å²) in [5.41, 5.74) is 2.39. The summed E-state index contributed by atoms with van der Waals surface area (Å²) in [6.45, 7) is 0.700. The molecule has 0 saturated heterocycles. The lowest BCUT2D eigenvalue weighted by atomic mass is 9.97. The number of pyridine rings is 1. The third kappa shape index (κ3) is 3.27. The first-order chi connectivity index (χ1) is 10.7. The van der Waals surface area contributed by atoms with Crippen LogP contribution in [0.4, 0.5) is 0 Å². The lowest BCUT2D eigenvalue weighted by Gasteiger charge is -2.16. The zero-order valence-corrected chi connectivity index (χ0v) is 12.7. The van der Waals surface area contributed by atoms with Gasteiger partial charge in [0.05, 0.1) is 13.5 Å². The first-order valence-corrected chi connectivity index (χ1v) is 7.52. The van der Waals surface area contributed by atoms with Crippen molar-refractivity contribution in [3.63, 3.8) is 0 Å². The minimum atomic E-state index is 0.0606. The van der Waals surface area contributed by atoms with E-state index in [-0.39, 0.29) is 11.3 Å². The van der Waals surface area contributed by atoms with Gasteiger partial charge in [0.25, 0.3) is 0 Å². The highest BCUT2D eigenvalue weighted by atomic mass is 16.5. The van der Waals surface area contributed by atoms with Crippen molar-refractivity contribution < 1.29 is 9.53 Å². The Kier molecular flexibility index (Phi) is 4.09. The van der Waals surface area contributed by atoms with E-state index < -0.39 is 0 Å². The molecule has 2 aromatic rings. The Morgan fingerprint density at radius 2 is 1.86 bits per heavy atom. The molecule has 0 bridgehead atoms. The van der Waals surface area contributed by atoms with E-state index in [1.807, 2.05) is 48.8 Å². The van der Waals surface area contributed by atoms with Gasteiger partial charge in [0.2, 0.25) is 5.91 Å². The fourth-order valence-electron chi connectivity index (χ4n) is 2.68. The molecule has 0 unspecified atom stereocenters. The first kappa shape index (κ1) is 14.6. The molecule has 0 radical (unpaired) electrons. The number of ether oxygens (including phenoxy) is 1. The summed E-state index contributed by atoms with van der Waals surface area (Å²) in [5.74, 6) is 0.865. The third-order valence-electron chi connectivity index (χ3n) is 4.29. The van der Waals surface area contributed by atoms with Gasteiger partial charge in [-0.05, 0) is 48.2 Å². The van der Waals surface area contributed by atoms with Crippen LogP contribution in [0.25, 0.3) is 0 Å². The van der Waals surface area contributed by atoms with Crippen LogP contribution in [0.15, 0.2) is 48.8 Å². The molecule has 1 saturated carbocycles. The van der Waals surface area contributed by atoms with E-state index in [2.05, 4.69) is 10.3 Å². The molecule has 1 amide bonds. The molecule has 0 spiro atoms. The van der Waals surface area contributed by atoms with Crippen molar-refractivity contribution in [2.24, 2.45) is 0 Å². The minimum absolute atomic E-state index is 0.0606. The van der Waals surface area contributed by atoms with Crippen LogP contribution in [0, 0.1) is 0 Å². The molecular weight excluding hydrogens is 276 g/mol.